The summed E-state index contributed by atoms with van der Waals surface area (Å²) in [6, 6.07) is 5.94. The van der Waals surface area contributed by atoms with Crippen molar-refractivity contribution in [3.05, 3.63) is 39.9 Å². The Morgan fingerprint density at radius 1 is 1.41 bits per heavy atom. The predicted octanol–water partition coefficient (Wildman–Crippen LogP) is 1.18. The van der Waals surface area contributed by atoms with E-state index in [4.69, 9.17) is 0 Å². The average Bonchev–Trinajstić information content (AvgIpc) is 3.11. The first-order valence-corrected chi connectivity index (χ1v) is 6.75. The van der Waals surface area contributed by atoms with Crippen molar-refractivity contribution >= 4 is 15.7 Å². The Balaban J connectivity index is 2.04. The highest BCUT2D eigenvalue weighted by molar-refractivity contribution is 7.90. The Bertz CT molecular complexity index is 537. The minimum Gasteiger partial charge on any atom is -0.258 e. The fourth-order valence-electron chi connectivity index (χ4n) is 1.46. The SMILES string of the molecule is O=[N+]([O-])c1cccc(CNS(=O)(=O)C2CC2)c1. The maximum Gasteiger partial charge on any atom is 0.269 e. The lowest BCUT2D eigenvalue weighted by Gasteiger charge is -2.05. The summed E-state index contributed by atoms with van der Waals surface area (Å²) in [7, 11) is -3.24. The molecule has 1 saturated carbocycles. The highest BCUT2D eigenvalue weighted by atomic mass is 32.2. The zero-order chi connectivity index (χ0) is 12.5. The fourth-order valence-corrected chi connectivity index (χ4v) is 2.82. The van der Waals surface area contributed by atoms with E-state index in [9.17, 15) is 18.5 Å². The first-order chi connectivity index (χ1) is 7.99. The normalized spacial score (nSPS) is 15.8. The molecule has 1 aliphatic carbocycles. The van der Waals surface area contributed by atoms with Gasteiger partial charge in [0.05, 0.1) is 10.2 Å². The molecule has 2 rings (SSSR count). The van der Waals surface area contributed by atoms with Crippen LogP contribution in [0.3, 0.4) is 0 Å². The molecule has 0 aliphatic heterocycles. The maximum atomic E-state index is 11.5. The predicted molar refractivity (Wildman–Crippen MR) is 61.9 cm³/mol. The summed E-state index contributed by atoms with van der Waals surface area (Å²) in [6.45, 7) is 0.0977. The molecule has 1 aromatic rings. The van der Waals surface area contributed by atoms with E-state index in [1.54, 1.807) is 12.1 Å². The number of sulfonamides is 1. The summed E-state index contributed by atoms with van der Waals surface area (Å²) in [4.78, 5) is 10.0. The Hall–Kier alpha value is -1.47. The molecule has 1 aliphatic rings. The monoisotopic (exact) mass is 256 g/mol. The topological polar surface area (TPSA) is 89.3 Å². The van der Waals surface area contributed by atoms with Gasteiger partial charge in [-0.3, -0.25) is 10.1 Å². The molecule has 0 saturated heterocycles. The zero-order valence-corrected chi connectivity index (χ0v) is 9.81. The van der Waals surface area contributed by atoms with Gasteiger partial charge in [0.25, 0.3) is 5.69 Å². The third-order valence-corrected chi connectivity index (χ3v) is 4.46. The first-order valence-electron chi connectivity index (χ1n) is 5.21. The Labute approximate surface area is 98.8 Å². The number of benzene rings is 1. The standard InChI is InChI=1S/C10H12N2O4S/c13-12(14)9-3-1-2-8(6-9)7-11-17(15,16)10-4-5-10/h1-3,6,10-11H,4-5,7H2. The van der Waals surface area contributed by atoms with Crippen molar-refractivity contribution < 1.29 is 13.3 Å². The van der Waals surface area contributed by atoms with Gasteiger partial charge in [0, 0.05) is 18.7 Å². The zero-order valence-electron chi connectivity index (χ0n) is 9.00. The molecule has 0 atom stereocenters. The van der Waals surface area contributed by atoms with Gasteiger partial charge in [-0.2, -0.15) is 0 Å². The molecule has 0 bridgehead atoms. The van der Waals surface area contributed by atoms with Gasteiger partial charge in [0.15, 0.2) is 0 Å². The lowest BCUT2D eigenvalue weighted by Crippen LogP contribution is -2.26. The lowest BCUT2D eigenvalue weighted by atomic mass is 10.2. The van der Waals surface area contributed by atoms with E-state index in [0.29, 0.717) is 18.4 Å². The molecule has 6 nitrogen and oxygen atoms in total. The Kier molecular flexibility index (Phi) is 3.12. The number of hydrogen-bond donors (Lipinski definition) is 1. The molecule has 0 unspecified atom stereocenters. The Morgan fingerprint density at radius 2 is 2.12 bits per heavy atom. The Morgan fingerprint density at radius 3 is 2.71 bits per heavy atom. The van der Waals surface area contributed by atoms with Crippen LogP contribution in [-0.2, 0) is 16.6 Å². The minimum absolute atomic E-state index is 0.0341. The number of nitro groups is 1. The van der Waals surface area contributed by atoms with Crippen LogP contribution in [0.2, 0.25) is 0 Å². The molecule has 17 heavy (non-hydrogen) atoms. The van der Waals surface area contributed by atoms with Crippen molar-refractivity contribution in [2.45, 2.75) is 24.6 Å². The van der Waals surface area contributed by atoms with Crippen LogP contribution in [0.4, 0.5) is 5.69 Å². The van der Waals surface area contributed by atoms with Crippen molar-refractivity contribution in [1.29, 1.82) is 0 Å². The third kappa shape index (κ3) is 3.01. The highest BCUT2D eigenvalue weighted by Gasteiger charge is 2.35. The molecule has 0 radical (unpaired) electrons. The number of hydrogen-bond acceptors (Lipinski definition) is 4. The number of nitrogens with zero attached hydrogens (tertiary/aromatic N) is 1. The van der Waals surface area contributed by atoms with Crippen molar-refractivity contribution in [2.75, 3.05) is 0 Å². The fraction of sp³-hybridized carbons (Fsp3) is 0.400. The van der Waals surface area contributed by atoms with Crippen LogP contribution in [-0.4, -0.2) is 18.6 Å². The van der Waals surface area contributed by atoms with Gasteiger partial charge in [-0.05, 0) is 18.4 Å². The third-order valence-electron chi connectivity index (χ3n) is 2.56. The van der Waals surface area contributed by atoms with E-state index in [0.717, 1.165) is 0 Å². The van der Waals surface area contributed by atoms with Crippen LogP contribution >= 0.6 is 0 Å². The molecule has 0 spiro atoms. The van der Waals surface area contributed by atoms with Crippen LogP contribution in [0, 0.1) is 10.1 Å². The summed E-state index contributed by atoms with van der Waals surface area (Å²) in [5.74, 6) is 0. The van der Waals surface area contributed by atoms with E-state index in [1.165, 1.54) is 12.1 Å². The smallest absolute Gasteiger partial charge is 0.258 e. The minimum atomic E-state index is -3.24. The molecule has 1 N–H and O–H groups in total. The summed E-state index contributed by atoms with van der Waals surface area (Å²) < 4.78 is 25.5. The second-order valence-corrected chi connectivity index (χ2v) is 6.04. The highest BCUT2D eigenvalue weighted by Crippen LogP contribution is 2.27. The molecular formula is C10H12N2O4S. The van der Waals surface area contributed by atoms with E-state index < -0.39 is 14.9 Å². The van der Waals surface area contributed by atoms with Crippen molar-refractivity contribution in [3.63, 3.8) is 0 Å². The maximum absolute atomic E-state index is 11.5. The van der Waals surface area contributed by atoms with Crippen molar-refractivity contribution in [2.24, 2.45) is 0 Å². The van der Waals surface area contributed by atoms with Gasteiger partial charge < -0.3 is 0 Å². The quantitative estimate of drug-likeness (QED) is 0.632. The van der Waals surface area contributed by atoms with E-state index in [1.807, 2.05) is 0 Å². The van der Waals surface area contributed by atoms with Gasteiger partial charge >= 0.3 is 0 Å². The van der Waals surface area contributed by atoms with Crippen LogP contribution in [0.1, 0.15) is 18.4 Å². The van der Waals surface area contributed by atoms with Crippen LogP contribution in [0.25, 0.3) is 0 Å². The van der Waals surface area contributed by atoms with E-state index in [-0.39, 0.29) is 17.5 Å². The van der Waals surface area contributed by atoms with E-state index in [2.05, 4.69) is 4.72 Å². The molecule has 0 aromatic heterocycles. The van der Waals surface area contributed by atoms with Crippen molar-refractivity contribution in [1.82, 2.24) is 4.72 Å². The van der Waals surface area contributed by atoms with Gasteiger partial charge in [-0.15, -0.1) is 0 Å². The largest absolute Gasteiger partial charge is 0.269 e. The summed E-state index contributed by atoms with van der Waals surface area (Å²) in [5.41, 5.74) is 0.552. The lowest BCUT2D eigenvalue weighted by molar-refractivity contribution is -0.384. The molecule has 1 aromatic carbocycles. The molecule has 1 fully saturated rings. The molecule has 92 valence electrons. The van der Waals surface area contributed by atoms with Gasteiger partial charge in [0.2, 0.25) is 10.0 Å². The summed E-state index contributed by atoms with van der Waals surface area (Å²) in [5, 5.41) is 10.3. The van der Waals surface area contributed by atoms with Crippen LogP contribution in [0.5, 0.6) is 0 Å². The molecule has 0 amide bonds. The van der Waals surface area contributed by atoms with Crippen LogP contribution in [0.15, 0.2) is 24.3 Å². The number of nitro benzene ring substituents is 1. The summed E-state index contributed by atoms with van der Waals surface area (Å²) >= 11 is 0. The second-order valence-electron chi connectivity index (χ2n) is 3.99. The van der Waals surface area contributed by atoms with Crippen molar-refractivity contribution in [3.8, 4) is 0 Å². The number of nitrogens with one attached hydrogen (secondary N) is 1. The first kappa shape index (κ1) is 12.0. The van der Waals surface area contributed by atoms with Gasteiger partial charge in [0.1, 0.15) is 0 Å². The molecule has 0 heterocycles. The number of rotatable bonds is 5. The van der Waals surface area contributed by atoms with E-state index >= 15 is 0 Å². The molecular weight excluding hydrogens is 244 g/mol. The number of non-ortho nitro benzene ring substituents is 1. The van der Waals surface area contributed by atoms with Gasteiger partial charge in [-0.1, -0.05) is 12.1 Å². The molecule has 7 heteroatoms. The van der Waals surface area contributed by atoms with Crippen LogP contribution < -0.4 is 4.72 Å². The second kappa shape index (κ2) is 4.42. The summed E-state index contributed by atoms with van der Waals surface area (Å²) in [6.07, 6.45) is 1.40. The van der Waals surface area contributed by atoms with Gasteiger partial charge in [-0.25, -0.2) is 13.1 Å². The average molecular weight is 256 g/mol.